The van der Waals surface area contributed by atoms with E-state index in [-0.39, 0.29) is 10.0 Å². The van der Waals surface area contributed by atoms with Gasteiger partial charge in [0.25, 0.3) is 5.91 Å². The summed E-state index contributed by atoms with van der Waals surface area (Å²) in [6.07, 6.45) is 0. The second-order valence-corrected chi connectivity index (χ2v) is 4.90. The van der Waals surface area contributed by atoms with Gasteiger partial charge in [-0.1, -0.05) is 6.07 Å². The number of nitrogens with one attached hydrogen (secondary N) is 1. The molecule has 3 N–H and O–H groups in total. The van der Waals surface area contributed by atoms with Crippen LogP contribution in [-0.4, -0.2) is 17.4 Å². The van der Waals surface area contributed by atoms with Gasteiger partial charge < -0.3 is 11.1 Å². The molecule has 17 heavy (non-hydrogen) atoms. The first-order valence-electron chi connectivity index (χ1n) is 4.82. The van der Waals surface area contributed by atoms with Crippen molar-refractivity contribution in [3.8, 4) is 0 Å². The number of halogens is 2. The molecule has 0 fully saturated rings. The maximum atomic E-state index is 13.6. The summed E-state index contributed by atoms with van der Waals surface area (Å²) in [5.41, 5.74) is 3.73. The largest absolute Gasteiger partial charge is 0.368 e. The summed E-state index contributed by atoms with van der Waals surface area (Å²) in [7, 11) is 0. The summed E-state index contributed by atoms with van der Waals surface area (Å²) in [5, 5.41) is 2.37. The number of hydrogen-bond donors (Lipinski definition) is 2. The number of rotatable bonds is 3. The molecule has 6 heteroatoms. The zero-order valence-corrected chi connectivity index (χ0v) is 11.0. The average molecular weight is 303 g/mol. The maximum Gasteiger partial charge on any atom is 0.255 e. The van der Waals surface area contributed by atoms with E-state index in [0.717, 1.165) is 0 Å². The Labute approximate surface area is 107 Å². The number of primary amides is 1. The van der Waals surface area contributed by atoms with Crippen molar-refractivity contribution in [1.82, 2.24) is 5.32 Å². The number of carbonyl (C=O) groups excluding carboxylic acids is 2. The molecule has 4 nitrogen and oxygen atoms in total. The van der Waals surface area contributed by atoms with Crippen molar-refractivity contribution in [3.63, 3.8) is 0 Å². The predicted octanol–water partition coefficient (Wildman–Crippen LogP) is 1.58. The molecule has 0 aliphatic carbocycles. The molecule has 0 radical (unpaired) electrons. The van der Waals surface area contributed by atoms with Gasteiger partial charge >= 0.3 is 0 Å². The second-order valence-electron chi connectivity index (χ2n) is 4.04. The van der Waals surface area contributed by atoms with Crippen LogP contribution in [0.2, 0.25) is 0 Å². The monoisotopic (exact) mass is 302 g/mol. The third-order valence-electron chi connectivity index (χ3n) is 2.24. The van der Waals surface area contributed by atoms with Crippen LogP contribution in [0.15, 0.2) is 22.7 Å². The van der Waals surface area contributed by atoms with Crippen LogP contribution in [0, 0.1) is 5.82 Å². The molecule has 0 saturated carbocycles. The molecule has 0 atom stereocenters. The Balaban J connectivity index is 2.99. The molecule has 0 aromatic heterocycles. The highest BCUT2D eigenvalue weighted by atomic mass is 79.9. The van der Waals surface area contributed by atoms with Gasteiger partial charge in [0.15, 0.2) is 0 Å². The molecular weight excluding hydrogens is 291 g/mol. The van der Waals surface area contributed by atoms with Gasteiger partial charge in [0.05, 0.1) is 10.0 Å². The third-order valence-corrected chi connectivity index (χ3v) is 2.85. The van der Waals surface area contributed by atoms with Crippen molar-refractivity contribution in [2.45, 2.75) is 19.4 Å². The predicted molar refractivity (Wildman–Crippen MR) is 64.8 cm³/mol. The molecule has 0 saturated heterocycles. The van der Waals surface area contributed by atoms with Crippen LogP contribution in [0.5, 0.6) is 0 Å². The molecular formula is C11H12BrFN2O2. The van der Waals surface area contributed by atoms with Gasteiger partial charge in [0.1, 0.15) is 11.4 Å². The molecule has 0 heterocycles. The highest BCUT2D eigenvalue weighted by molar-refractivity contribution is 9.10. The molecule has 2 amide bonds. The zero-order valence-electron chi connectivity index (χ0n) is 9.38. The number of carbonyl (C=O) groups is 2. The molecule has 1 rings (SSSR count). The topological polar surface area (TPSA) is 72.2 Å². The van der Waals surface area contributed by atoms with Crippen molar-refractivity contribution in [3.05, 3.63) is 34.1 Å². The second kappa shape index (κ2) is 4.83. The van der Waals surface area contributed by atoms with Gasteiger partial charge in [0, 0.05) is 0 Å². The van der Waals surface area contributed by atoms with E-state index >= 15 is 0 Å². The first-order chi connectivity index (χ1) is 7.75. The molecule has 1 aromatic carbocycles. The van der Waals surface area contributed by atoms with Crippen LogP contribution in [0.3, 0.4) is 0 Å². The van der Waals surface area contributed by atoms with Crippen molar-refractivity contribution >= 4 is 27.7 Å². The SMILES string of the molecule is CC(C)(NC(=O)c1cccc(Br)c1F)C(N)=O. The molecule has 0 aliphatic rings. The van der Waals surface area contributed by atoms with Gasteiger partial charge in [-0.25, -0.2) is 4.39 Å². The summed E-state index contributed by atoms with van der Waals surface area (Å²) < 4.78 is 13.8. The lowest BCUT2D eigenvalue weighted by atomic mass is 10.0. The van der Waals surface area contributed by atoms with Gasteiger partial charge in [-0.3, -0.25) is 9.59 Å². The Bertz CT molecular complexity index is 475. The number of amides is 2. The molecule has 0 unspecified atom stereocenters. The molecule has 92 valence electrons. The molecule has 0 aliphatic heterocycles. The van der Waals surface area contributed by atoms with Crippen LogP contribution in [0.4, 0.5) is 4.39 Å². The van der Waals surface area contributed by atoms with Crippen molar-refractivity contribution < 1.29 is 14.0 Å². The standard InChI is InChI=1S/C11H12BrFN2O2/c1-11(2,10(14)17)15-9(16)6-4-3-5-7(12)8(6)13/h3-5H,1-2H3,(H2,14,17)(H,15,16). The fourth-order valence-electron chi connectivity index (χ4n) is 1.09. The highest BCUT2D eigenvalue weighted by Gasteiger charge is 2.28. The number of benzene rings is 1. The van der Waals surface area contributed by atoms with Crippen LogP contribution in [-0.2, 0) is 4.79 Å². The van der Waals surface area contributed by atoms with E-state index in [2.05, 4.69) is 21.2 Å². The molecule has 1 aromatic rings. The Hall–Kier alpha value is -1.43. The van der Waals surface area contributed by atoms with Gasteiger partial charge in [-0.15, -0.1) is 0 Å². The lowest BCUT2D eigenvalue weighted by Crippen LogP contribution is -2.53. The minimum absolute atomic E-state index is 0.145. The van der Waals surface area contributed by atoms with Crippen molar-refractivity contribution in [2.24, 2.45) is 5.73 Å². The van der Waals surface area contributed by atoms with E-state index in [1.54, 1.807) is 0 Å². The number of nitrogens with two attached hydrogens (primary N) is 1. The van der Waals surface area contributed by atoms with E-state index in [9.17, 15) is 14.0 Å². The van der Waals surface area contributed by atoms with E-state index in [1.807, 2.05) is 0 Å². The summed E-state index contributed by atoms with van der Waals surface area (Å²) >= 11 is 2.98. The van der Waals surface area contributed by atoms with E-state index < -0.39 is 23.2 Å². The highest BCUT2D eigenvalue weighted by Crippen LogP contribution is 2.19. The summed E-state index contributed by atoms with van der Waals surface area (Å²) in [5.74, 6) is -2.06. The smallest absolute Gasteiger partial charge is 0.255 e. The lowest BCUT2D eigenvalue weighted by molar-refractivity contribution is -0.122. The van der Waals surface area contributed by atoms with E-state index in [1.165, 1.54) is 32.0 Å². The summed E-state index contributed by atoms with van der Waals surface area (Å²) in [4.78, 5) is 22.8. The zero-order chi connectivity index (χ0) is 13.2. The Morgan fingerprint density at radius 1 is 1.41 bits per heavy atom. The van der Waals surface area contributed by atoms with E-state index in [0.29, 0.717) is 0 Å². The maximum absolute atomic E-state index is 13.6. The van der Waals surface area contributed by atoms with Gasteiger partial charge in [-0.2, -0.15) is 0 Å². The normalized spacial score (nSPS) is 11.1. The lowest BCUT2D eigenvalue weighted by Gasteiger charge is -2.22. The fraction of sp³-hybridized carbons (Fsp3) is 0.273. The van der Waals surface area contributed by atoms with Crippen LogP contribution < -0.4 is 11.1 Å². The third kappa shape index (κ3) is 3.03. The fourth-order valence-corrected chi connectivity index (χ4v) is 1.46. The summed E-state index contributed by atoms with van der Waals surface area (Å²) in [6, 6.07) is 4.33. The molecule has 0 bridgehead atoms. The van der Waals surface area contributed by atoms with Gasteiger partial charge in [0.2, 0.25) is 5.91 Å². The minimum Gasteiger partial charge on any atom is -0.368 e. The van der Waals surface area contributed by atoms with Crippen LogP contribution >= 0.6 is 15.9 Å². The van der Waals surface area contributed by atoms with Crippen molar-refractivity contribution in [2.75, 3.05) is 0 Å². The quantitative estimate of drug-likeness (QED) is 0.890. The average Bonchev–Trinajstić information content (AvgIpc) is 2.21. The Kier molecular flexibility index (Phi) is 3.87. The number of hydrogen-bond acceptors (Lipinski definition) is 2. The van der Waals surface area contributed by atoms with Gasteiger partial charge in [-0.05, 0) is 41.9 Å². The Morgan fingerprint density at radius 2 is 2.00 bits per heavy atom. The van der Waals surface area contributed by atoms with Crippen LogP contribution in [0.25, 0.3) is 0 Å². The molecule has 0 spiro atoms. The Morgan fingerprint density at radius 3 is 2.53 bits per heavy atom. The first-order valence-corrected chi connectivity index (χ1v) is 5.61. The van der Waals surface area contributed by atoms with E-state index in [4.69, 9.17) is 5.73 Å². The summed E-state index contributed by atoms with van der Waals surface area (Å²) in [6.45, 7) is 2.90. The van der Waals surface area contributed by atoms with Crippen molar-refractivity contribution in [1.29, 1.82) is 0 Å². The van der Waals surface area contributed by atoms with Crippen LogP contribution in [0.1, 0.15) is 24.2 Å². The first kappa shape index (κ1) is 13.6. The minimum atomic E-state index is -1.23.